The van der Waals surface area contributed by atoms with Gasteiger partial charge in [-0.15, -0.1) is 0 Å². The highest BCUT2D eigenvalue weighted by molar-refractivity contribution is 7.89. The van der Waals surface area contributed by atoms with Crippen LogP contribution in [0.3, 0.4) is 0 Å². The summed E-state index contributed by atoms with van der Waals surface area (Å²) in [5.41, 5.74) is 0.720. The zero-order valence-electron chi connectivity index (χ0n) is 15.4. The van der Waals surface area contributed by atoms with E-state index in [-0.39, 0.29) is 28.1 Å². The van der Waals surface area contributed by atoms with E-state index in [2.05, 4.69) is 10.1 Å². The fraction of sp³-hybridized carbons (Fsp3) is 0.222. The Hall–Kier alpha value is -2.62. The SMILES string of the molecule is COc1ccc(-c2noc(CN(C)S(=O)(=O)c3cc(Cl)ccc3OC)n2)cc1. The molecular formula is C18H18ClN3O5S. The molecule has 3 rings (SSSR count). The Balaban J connectivity index is 1.82. The third-order valence-corrected chi connectivity index (χ3v) is 6.05. The number of methoxy groups -OCH3 is 2. The molecule has 0 spiro atoms. The second-order valence-electron chi connectivity index (χ2n) is 5.80. The Bertz CT molecular complexity index is 1070. The molecule has 0 unspecified atom stereocenters. The summed E-state index contributed by atoms with van der Waals surface area (Å²) in [6.45, 7) is -0.110. The summed E-state index contributed by atoms with van der Waals surface area (Å²) in [6, 6.07) is 11.5. The van der Waals surface area contributed by atoms with Gasteiger partial charge in [0.1, 0.15) is 16.4 Å². The number of rotatable bonds is 7. The molecule has 0 atom stereocenters. The van der Waals surface area contributed by atoms with Crippen LogP contribution in [0.25, 0.3) is 11.4 Å². The molecule has 0 aliphatic heterocycles. The highest BCUT2D eigenvalue weighted by atomic mass is 35.5. The third kappa shape index (κ3) is 4.11. The number of aromatic nitrogens is 2. The highest BCUT2D eigenvalue weighted by Crippen LogP contribution is 2.30. The molecule has 1 heterocycles. The molecule has 1 aromatic heterocycles. The fourth-order valence-corrected chi connectivity index (χ4v) is 4.01. The molecule has 8 nitrogen and oxygen atoms in total. The van der Waals surface area contributed by atoms with Gasteiger partial charge < -0.3 is 14.0 Å². The van der Waals surface area contributed by atoms with Crippen LogP contribution < -0.4 is 9.47 Å². The minimum Gasteiger partial charge on any atom is -0.497 e. The smallest absolute Gasteiger partial charge is 0.247 e. The first-order valence-electron chi connectivity index (χ1n) is 8.12. The molecule has 0 saturated heterocycles. The minimum absolute atomic E-state index is 0.0418. The predicted molar refractivity (Wildman–Crippen MR) is 103 cm³/mol. The Morgan fingerprint density at radius 2 is 1.82 bits per heavy atom. The van der Waals surface area contributed by atoms with E-state index in [0.29, 0.717) is 11.6 Å². The number of hydrogen-bond donors (Lipinski definition) is 0. The third-order valence-electron chi connectivity index (χ3n) is 3.99. The maximum atomic E-state index is 12.9. The maximum absolute atomic E-state index is 12.9. The molecule has 3 aromatic rings. The number of ether oxygens (including phenoxy) is 2. The van der Waals surface area contributed by atoms with Gasteiger partial charge in [-0.05, 0) is 42.5 Å². The second-order valence-corrected chi connectivity index (χ2v) is 8.25. The van der Waals surface area contributed by atoms with Crippen molar-refractivity contribution in [1.29, 1.82) is 0 Å². The van der Waals surface area contributed by atoms with Crippen LogP contribution in [-0.4, -0.2) is 44.1 Å². The number of sulfonamides is 1. The van der Waals surface area contributed by atoms with E-state index in [4.69, 9.17) is 25.6 Å². The van der Waals surface area contributed by atoms with Crippen LogP contribution in [0.4, 0.5) is 0 Å². The lowest BCUT2D eigenvalue weighted by Gasteiger charge is -2.17. The molecule has 0 aliphatic rings. The van der Waals surface area contributed by atoms with Crippen molar-refractivity contribution in [1.82, 2.24) is 14.4 Å². The number of halogens is 1. The van der Waals surface area contributed by atoms with Gasteiger partial charge in [-0.1, -0.05) is 16.8 Å². The first-order valence-corrected chi connectivity index (χ1v) is 9.94. The lowest BCUT2D eigenvalue weighted by Crippen LogP contribution is -2.27. The van der Waals surface area contributed by atoms with Gasteiger partial charge in [0.05, 0.1) is 20.8 Å². The van der Waals surface area contributed by atoms with Gasteiger partial charge in [-0.25, -0.2) is 8.42 Å². The van der Waals surface area contributed by atoms with Gasteiger partial charge >= 0.3 is 0 Å². The van der Waals surface area contributed by atoms with E-state index in [1.165, 1.54) is 26.3 Å². The predicted octanol–water partition coefficient (Wildman–Crippen LogP) is 3.23. The zero-order valence-corrected chi connectivity index (χ0v) is 17.0. The van der Waals surface area contributed by atoms with Crippen molar-refractivity contribution in [3.8, 4) is 22.9 Å². The van der Waals surface area contributed by atoms with Crippen LogP contribution in [0.2, 0.25) is 5.02 Å². The fourth-order valence-electron chi connectivity index (χ4n) is 2.47. The van der Waals surface area contributed by atoms with Crippen LogP contribution in [0.5, 0.6) is 11.5 Å². The normalized spacial score (nSPS) is 11.6. The van der Waals surface area contributed by atoms with E-state index >= 15 is 0 Å². The molecule has 0 bridgehead atoms. The molecule has 148 valence electrons. The van der Waals surface area contributed by atoms with Crippen molar-refractivity contribution < 1.29 is 22.4 Å². The summed E-state index contributed by atoms with van der Waals surface area (Å²) in [5.74, 6) is 1.40. The molecule has 10 heteroatoms. The summed E-state index contributed by atoms with van der Waals surface area (Å²) in [5, 5.41) is 4.19. The quantitative estimate of drug-likeness (QED) is 0.575. The van der Waals surface area contributed by atoms with Crippen molar-refractivity contribution in [2.45, 2.75) is 11.4 Å². The molecule has 0 aliphatic carbocycles. The lowest BCUT2D eigenvalue weighted by atomic mass is 10.2. The summed E-state index contributed by atoms with van der Waals surface area (Å²) in [7, 11) is 0.489. The van der Waals surface area contributed by atoms with Crippen LogP contribution in [-0.2, 0) is 16.6 Å². The Morgan fingerprint density at radius 3 is 2.46 bits per heavy atom. The average molecular weight is 424 g/mol. The maximum Gasteiger partial charge on any atom is 0.247 e. The number of benzene rings is 2. The number of hydrogen-bond acceptors (Lipinski definition) is 7. The first kappa shape index (κ1) is 20.1. The van der Waals surface area contributed by atoms with Gasteiger partial charge in [-0.3, -0.25) is 0 Å². The van der Waals surface area contributed by atoms with E-state index < -0.39 is 10.0 Å². The largest absolute Gasteiger partial charge is 0.497 e. The Kier molecular flexibility index (Phi) is 5.87. The van der Waals surface area contributed by atoms with E-state index in [0.717, 1.165) is 9.87 Å². The standard InChI is InChI=1S/C18H18ClN3O5S/c1-22(28(23,24)16-10-13(19)6-9-15(16)26-3)11-17-20-18(21-27-17)12-4-7-14(25-2)8-5-12/h4-10H,11H2,1-3H3. The number of nitrogens with zero attached hydrogens (tertiary/aromatic N) is 3. The van der Waals surface area contributed by atoms with E-state index in [1.807, 2.05) is 0 Å². The Labute approximate surface area is 167 Å². The van der Waals surface area contributed by atoms with Crippen LogP contribution in [0.1, 0.15) is 5.89 Å². The molecule has 2 aromatic carbocycles. The van der Waals surface area contributed by atoms with Crippen molar-refractivity contribution in [2.24, 2.45) is 0 Å². The van der Waals surface area contributed by atoms with E-state index in [1.54, 1.807) is 37.4 Å². The average Bonchev–Trinajstić information content (AvgIpc) is 3.16. The van der Waals surface area contributed by atoms with Gasteiger partial charge in [0.15, 0.2) is 0 Å². The molecule has 0 N–H and O–H groups in total. The van der Waals surface area contributed by atoms with Crippen molar-refractivity contribution in [3.05, 3.63) is 53.4 Å². The van der Waals surface area contributed by atoms with Crippen LogP contribution in [0.15, 0.2) is 51.9 Å². The molecule has 0 saturated carbocycles. The molecular weight excluding hydrogens is 406 g/mol. The summed E-state index contributed by atoms with van der Waals surface area (Å²) in [4.78, 5) is 4.22. The van der Waals surface area contributed by atoms with Gasteiger partial charge in [0.2, 0.25) is 21.7 Å². The van der Waals surface area contributed by atoms with Crippen LogP contribution in [0, 0.1) is 0 Å². The van der Waals surface area contributed by atoms with Crippen molar-refractivity contribution in [3.63, 3.8) is 0 Å². The van der Waals surface area contributed by atoms with Gasteiger partial charge in [0.25, 0.3) is 0 Å². The minimum atomic E-state index is -3.89. The van der Waals surface area contributed by atoms with E-state index in [9.17, 15) is 8.42 Å². The topological polar surface area (TPSA) is 94.8 Å². The Morgan fingerprint density at radius 1 is 1.11 bits per heavy atom. The van der Waals surface area contributed by atoms with Crippen molar-refractivity contribution in [2.75, 3.05) is 21.3 Å². The first-order chi connectivity index (χ1) is 13.3. The summed E-state index contributed by atoms with van der Waals surface area (Å²) >= 11 is 5.95. The second kappa shape index (κ2) is 8.17. The van der Waals surface area contributed by atoms with Gasteiger partial charge in [-0.2, -0.15) is 9.29 Å². The summed E-state index contributed by atoms with van der Waals surface area (Å²) < 4.78 is 42.3. The summed E-state index contributed by atoms with van der Waals surface area (Å²) in [6.07, 6.45) is 0. The van der Waals surface area contributed by atoms with Gasteiger partial charge in [0, 0.05) is 17.6 Å². The van der Waals surface area contributed by atoms with Crippen molar-refractivity contribution >= 4 is 21.6 Å². The molecule has 28 heavy (non-hydrogen) atoms. The molecule has 0 radical (unpaired) electrons. The molecule has 0 fully saturated rings. The lowest BCUT2D eigenvalue weighted by molar-refractivity contribution is 0.335. The molecule has 0 amide bonds. The monoisotopic (exact) mass is 423 g/mol. The zero-order chi connectivity index (χ0) is 20.3. The highest BCUT2D eigenvalue weighted by Gasteiger charge is 2.27. The van der Waals surface area contributed by atoms with Crippen LogP contribution >= 0.6 is 11.6 Å².